The number of hydrogen-bond donors (Lipinski definition) is 2. The Morgan fingerprint density at radius 3 is 2.57 bits per heavy atom. The van der Waals surface area contributed by atoms with Gasteiger partial charge in [0.2, 0.25) is 0 Å². The van der Waals surface area contributed by atoms with Gasteiger partial charge in [-0.05, 0) is 64.0 Å². The van der Waals surface area contributed by atoms with E-state index in [1.54, 1.807) is 0 Å². The first-order valence-electron chi connectivity index (χ1n) is 9.80. The fourth-order valence-corrected chi connectivity index (χ4v) is 4.16. The molecule has 0 unspecified atom stereocenters. The van der Waals surface area contributed by atoms with Crippen LogP contribution in [0.15, 0.2) is 41.5 Å². The number of pyridine rings is 3. The molecule has 0 bridgehead atoms. The number of aromatic nitrogens is 4. The highest BCUT2D eigenvalue weighted by atomic mass is 16.1. The fraction of sp³-hybridized carbons (Fsp3) is 0.318. The Morgan fingerprint density at radius 1 is 1.00 bits per heavy atom. The number of nitrogens with one attached hydrogen (secondary N) is 2. The Morgan fingerprint density at radius 2 is 1.75 bits per heavy atom. The molecule has 0 spiro atoms. The van der Waals surface area contributed by atoms with Gasteiger partial charge in [-0.15, -0.1) is 0 Å². The van der Waals surface area contributed by atoms with Gasteiger partial charge in [0.15, 0.2) is 5.43 Å². The molecule has 6 nitrogen and oxygen atoms in total. The first-order chi connectivity index (χ1) is 13.6. The van der Waals surface area contributed by atoms with Crippen molar-refractivity contribution in [3.05, 3.63) is 63.8 Å². The van der Waals surface area contributed by atoms with Gasteiger partial charge < -0.3 is 14.7 Å². The maximum absolute atomic E-state index is 12.9. The van der Waals surface area contributed by atoms with E-state index in [0.717, 1.165) is 54.0 Å². The Labute approximate surface area is 162 Å². The first-order valence-corrected chi connectivity index (χ1v) is 9.80. The molecule has 0 radical (unpaired) electrons. The smallest absolute Gasteiger partial charge is 0.196 e. The highest BCUT2D eigenvalue weighted by molar-refractivity contribution is 5.78. The summed E-state index contributed by atoms with van der Waals surface area (Å²) in [5.74, 6) is 0.511. The average molecular weight is 373 g/mol. The van der Waals surface area contributed by atoms with E-state index in [1.807, 2.05) is 48.8 Å². The number of H-pyrrole nitrogens is 1. The quantitative estimate of drug-likeness (QED) is 0.565. The maximum Gasteiger partial charge on any atom is 0.196 e. The minimum atomic E-state index is 0.00739. The van der Waals surface area contributed by atoms with Crippen LogP contribution in [0.4, 0.5) is 0 Å². The van der Waals surface area contributed by atoms with Crippen molar-refractivity contribution in [1.29, 1.82) is 0 Å². The monoisotopic (exact) mass is 373 g/mol. The maximum atomic E-state index is 12.9. The van der Waals surface area contributed by atoms with Crippen LogP contribution in [0.1, 0.15) is 35.7 Å². The van der Waals surface area contributed by atoms with Gasteiger partial charge in [-0.3, -0.25) is 9.78 Å². The zero-order valence-electron chi connectivity index (χ0n) is 16.1. The molecule has 4 aromatic heterocycles. The minimum absolute atomic E-state index is 0.00739. The van der Waals surface area contributed by atoms with Crippen LogP contribution >= 0.6 is 0 Å². The average Bonchev–Trinajstić information content (AvgIpc) is 3.11. The molecule has 2 N–H and O–H groups in total. The lowest BCUT2D eigenvalue weighted by molar-refractivity contribution is 0.454. The van der Waals surface area contributed by atoms with Gasteiger partial charge in [0.1, 0.15) is 5.65 Å². The third-order valence-electron chi connectivity index (χ3n) is 5.71. The molecule has 4 aromatic rings. The SMILES string of the molecule is Cc1cn2cc(-c3ccc4nc(C5CCNCC5)ccc4n3)c(=O)c(C)c2[nH]1. The van der Waals surface area contributed by atoms with E-state index in [9.17, 15) is 4.79 Å². The number of imidazole rings is 1. The van der Waals surface area contributed by atoms with Crippen molar-refractivity contribution in [2.24, 2.45) is 0 Å². The largest absolute Gasteiger partial charge is 0.343 e. The third-order valence-corrected chi connectivity index (χ3v) is 5.71. The molecule has 0 amide bonds. The van der Waals surface area contributed by atoms with E-state index >= 15 is 0 Å². The van der Waals surface area contributed by atoms with Gasteiger partial charge in [0, 0.05) is 35.3 Å². The molecule has 1 aliphatic heterocycles. The molecule has 6 heteroatoms. The second kappa shape index (κ2) is 6.56. The molecule has 0 saturated carbocycles. The van der Waals surface area contributed by atoms with E-state index in [4.69, 9.17) is 9.97 Å². The van der Waals surface area contributed by atoms with E-state index in [0.29, 0.717) is 22.7 Å². The fourth-order valence-electron chi connectivity index (χ4n) is 4.16. The molecule has 142 valence electrons. The van der Waals surface area contributed by atoms with Crippen LogP contribution < -0.4 is 10.7 Å². The second-order valence-electron chi connectivity index (χ2n) is 7.69. The lowest BCUT2D eigenvalue weighted by Gasteiger charge is -2.22. The molecule has 0 aromatic carbocycles. The topological polar surface area (TPSA) is 75.1 Å². The standard InChI is InChI=1S/C22H23N5O/c1-13-11-27-12-16(21(28)14(2)22(27)24-13)18-4-6-19-20(26-18)5-3-17(25-19)15-7-9-23-10-8-15/h3-6,11-12,15,23-24H,7-10H2,1-2H3. The lowest BCUT2D eigenvalue weighted by Crippen LogP contribution is -2.27. The molecule has 5 rings (SSSR count). The summed E-state index contributed by atoms with van der Waals surface area (Å²) in [5.41, 5.74) is 6.70. The molecule has 1 saturated heterocycles. The molecular weight excluding hydrogens is 350 g/mol. The molecular formula is C22H23N5O. The van der Waals surface area contributed by atoms with E-state index < -0.39 is 0 Å². The van der Waals surface area contributed by atoms with Crippen LogP contribution in [-0.2, 0) is 0 Å². The minimum Gasteiger partial charge on any atom is -0.343 e. The normalized spacial score (nSPS) is 15.5. The summed E-state index contributed by atoms with van der Waals surface area (Å²) in [5, 5.41) is 3.40. The highest BCUT2D eigenvalue weighted by Crippen LogP contribution is 2.26. The van der Waals surface area contributed by atoms with E-state index in [-0.39, 0.29) is 5.43 Å². The van der Waals surface area contributed by atoms with Crippen molar-refractivity contribution in [2.75, 3.05) is 13.1 Å². The Hall–Kier alpha value is -2.99. The van der Waals surface area contributed by atoms with Gasteiger partial charge in [-0.2, -0.15) is 0 Å². The molecule has 5 heterocycles. The van der Waals surface area contributed by atoms with Crippen LogP contribution in [0.5, 0.6) is 0 Å². The molecule has 0 aliphatic carbocycles. The van der Waals surface area contributed by atoms with Crippen molar-refractivity contribution in [3.8, 4) is 11.3 Å². The summed E-state index contributed by atoms with van der Waals surface area (Å²) in [4.78, 5) is 25.7. The summed E-state index contributed by atoms with van der Waals surface area (Å²) in [6.45, 7) is 5.93. The summed E-state index contributed by atoms with van der Waals surface area (Å²) in [6, 6.07) is 8.01. The number of piperidine rings is 1. The van der Waals surface area contributed by atoms with Gasteiger partial charge in [-0.1, -0.05) is 0 Å². The second-order valence-corrected chi connectivity index (χ2v) is 7.69. The van der Waals surface area contributed by atoms with E-state index in [1.165, 1.54) is 0 Å². The number of aromatic amines is 1. The Kier molecular flexibility index (Phi) is 4.02. The van der Waals surface area contributed by atoms with Gasteiger partial charge in [-0.25, -0.2) is 4.98 Å². The molecule has 1 fully saturated rings. The van der Waals surface area contributed by atoms with Crippen molar-refractivity contribution < 1.29 is 0 Å². The van der Waals surface area contributed by atoms with Crippen molar-refractivity contribution in [2.45, 2.75) is 32.6 Å². The molecule has 1 aliphatic rings. The van der Waals surface area contributed by atoms with Crippen LogP contribution in [-0.4, -0.2) is 32.4 Å². The summed E-state index contributed by atoms with van der Waals surface area (Å²) in [6.07, 6.45) is 6.09. The molecule has 0 atom stereocenters. The zero-order valence-corrected chi connectivity index (χ0v) is 16.1. The predicted molar refractivity (Wildman–Crippen MR) is 111 cm³/mol. The number of hydrogen-bond acceptors (Lipinski definition) is 4. The third kappa shape index (κ3) is 2.81. The summed E-state index contributed by atoms with van der Waals surface area (Å²) in [7, 11) is 0. The van der Waals surface area contributed by atoms with Gasteiger partial charge in [0.25, 0.3) is 0 Å². The van der Waals surface area contributed by atoms with Crippen LogP contribution in [0.2, 0.25) is 0 Å². The van der Waals surface area contributed by atoms with E-state index in [2.05, 4.69) is 16.4 Å². The van der Waals surface area contributed by atoms with Gasteiger partial charge >= 0.3 is 0 Å². The number of rotatable bonds is 2. The highest BCUT2D eigenvalue weighted by Gasteiger charge is 2.17. The zero-order chi connectivity index (χ0) is 19.3. The van der Waals surface area contributed by atoms with Crippen LogP contribution in [0.3, 0.4) is 0 Å². The Balaban J connectivity index is 1.59. The lowest BCUT2D eigenvalue weighted by atomic mass is 9.94. The summed E-state index contributed by atoms with van der Waals surface area (Å²) >= 11 is 0. The first kappa shape index (κ1) is 17.1. The van der Waals surface area contributed by atoms with Gasteiger partial charge in [0.05, 0.1) is 22.3 Å². The van der Waals surface area contributed by atoms with Crippen molar-refractivity contribution in [3.63, 3.8) is 0 Å². The predicted octanol–water partition coefficient (Wildman–Crippen LogP) is 3.32. The van der Waals surface area contributed by atoms with Crippen LogP contribution in [0, 0.1) is 13.8 Å². The van der Waals surface area contributed by atoms with Crippen LogP contribution in [0.25, 0.3) is 27.9 Å². The summed E-state index contributed by atoms with van der Waals surface area (Å²) < 4.78 is 1.96. The number of aryl methyl sites for hydroxylation is 2. The number of fused-ring (bicyclic) bond motifs is 2. The van der Waals surface area contributed by atoms with Crippen molar-refractivity contribution in [1.82, 2.24) is 24.7 Å². The van der Waals surface area contributed by atoms with Crippen molar-refractivity contribution >= 4 is 16.7 Å². The molecule has 28 heavy (non-hydrogen) atoms. The Bertz CT molecular complexity index is 1250. The number of nitrogens with zero attached hydrogens (tertiary/aromatic N) is 3.